The minimum Gasteiger partial charge on any atom is -0.748 e. The van der Waals surface area contributed by atoms with Crippen LogP contribution in [0.1, 0.15) is 96.8 Å². The maximum absolute atomic E-state index is 10.7. The van der Waals surface area contributed by atoms with Gasteiger partial charge in [-0.15, -0.1) is 0 Å². The van der Waals surface area contributed by atoms with Gasteiger partial charge in [0.15, 0.2) is 0 Å². The van der Waals surface area contributed by atoms with E-state index in [9.17, 15) is 25.9 Å². The Morgan fingerprint density at radius 3 is 1.13 bits per heavy atom. The summed E-state index contributed by atoms with van der Waals surface area (Å²) in [4.78, 5) is 1.96. The molecule has 0 atom stereocenters. The Balaban J connectivity index is -0.00000392. The number of unbranched alkanes of at least 4 members (excludes halogenated alkanes) is 11. The van der Waals surface area contributed by atoms with Gasteiger partial charge in [-0.05, 0) is 38.9 Å². The summed E-state index contributed by atoms with van der Waals surface area (Å²) in [6.07, 6.45) is 15.4. The minimum atomic E-state index is -4.23. The molecule has 0 radical (unpaired) electrons. The van der Waals surface area contributed by atoms with Gasteiger partial charge >= 0.3 is 103 Å². The van der Waals surface area contributed by atoms with Gasteiger partial charge in [0.1, 0.15) is 0 Å². The van der Waals surface area contributed by atoms with Crippen LogP contribution in [0.2, 0.25) is 0 Å². The van der Waals surface area contributed by atoms with Gasteiger partial charge in [0.05, 0.1) is 20.2 Å². The monoisotopic (exact) mass is 533 g/mol. The van der Waals surface area contributed by atoms with Gasteiger partial charge in [0.25, 0.3) is 0 Å². The van der Waals surface area contributed by atoms with E-state index in [2.05, 4.69) is 6.92 Å². The largest absolute Gasteiger partial charge is 1.00 e. The molecular weight excluding hydrogens is 493 g/mol. The van der Waals surface area contributed by atoms with Crippen LogP contribution in [0.4, 0.5) is 0 Å². The molecule has 0 saturated carbocycles. The zero-order valence-corrected chi connectivity index (χ0v) is 28.0. The van der Waals surface area contributed by atoms with Crippen molar-refractivity contribution in [1.29, 1.82) is 0 Å². The van der Waals surface area contributed by atoms with Crippen molar-refractivity contribution in [2.24, 2.45) is 0 Å². The molecule has 11 heteroatoms. The predicted octanol–water partition coefficient (Wildman–Crippen LogP) is -2.13. The third-order valence-corrected chi connectivity index (χ3v) is 6.64. The van der Waals surface area contributed by atoms with Crippen LogP contribution in [-0.2, 0) is 20.2 Å². The standard InChI is InChI=1S/C20H43NO6S2.2K/c1-2-3-4-5-6-7-8-9-10-11-12-13-16-21(17-14-19-28(22,23)24)18-15-20-29(25,26)27;;/h2-20H2,1H3,(H,22,23,24)(H,25,26,27);;/q;2*+1/p-2. The quantitative estimate of drug-likeness (QED) is 0.0939. The van der Waals surface area contributed by atoms with Crippen LogP contribution in [0.5, 0.6) is 0 Å². The molecule has 0 unspecified atom stereocenters. The first kappa shape index (κ1) is 38.6. The second-order valence-corrected chi connectivity index (χ2v) is 11.0. The smallest absolute Gasteiger partial charge is 0.748 e. The third-order valence-electron chi connectivity index (χ3n) is 5.07. The molecule has 0 aliphatic heterocycles. The number of rotatable bonds is 21. The predicted molar refractivity (Wildman–Crippen MR) is 116 cm³/mol. The molecule has 176 valence electrons. The molecule has 0 bridgehead atoms. The Bertz CT molecular complexity index is 550. The van der Waals surface area contributed by atoms with Crippen LogP contribution >= 0.6 is 0 Å². The van der Waals surface area contributed by atoms with Crippen molar-refractivity contribution in [2.45, 2.75) is 96.8 Å². The maximum atomic E-state index is 10.7. The molecular formula is C20H41K2NO6S2. The molecule has 0 aliphatic carbocycles. The van der Waals surface area contributed by atoms with Crippen molar-refractivity contribution in [2.75, 3.05) is 31.1 Å². The summed E-state index contributed by atoms with van der Waals surface area (Å²) in [6.45, 7) is 3.82. The van der Waals surface area contributed by atoms with E-state index in [1.807, 2.05) is 4.90 Å². The molecule has 0 aromatic heterocycles. The Morgan fingerprint density at radius 2 is 0.806 bits per heavy atom. The molecule has 31 heavy (non-hydrogen) atoms. The Hall–Kier alpha value is 3.05. The molecule has 0 aromatic rings. The van der Waals surface area contributed by atoms with Gasteiger partial charge in [0.2, 0.25) is 0 Å². The van der Waals surface area contributed by atoms with E-state index < -0.39 is 31.7 Å². The summed E-state index contributed by atoms with van der Waals surface area (Å²) in [5.74, 6) is -0.830. The van der Waals surface area contributed by atoms with E-state index in [1.165, 1.54) is 57.8 Å². The molecule has 0 heterocycles. The summed E-state index contributed by atoms with van der Waals surface area (Å²) in [5, 5.41) is 0. The van der Waals surface area contributed by atoms with Crippen molar-refractivity contribution in [3.8, 4) is 0 Å². The van der Waals surface area contributed by atoms with E-state index in [4.69, 9.17) is 0 Å². The topological polar surface area (TPSA) is 118 Å². The molecule has 0 aromatic carbocycles. The van der Waals surface area contributed by atoms with E-state index in [1.54, 1.807) is 0 Å². The van der Waals surface area contributed by atoms with E-state index in [0.29, 0.717) is 13.1 Å². The average Bonchev–Trinajstić information content (AvgIpc) is 2.60. The van der Waals surface area contributed by atoms with Crippen LogP contribution in [0.3, 0.4) is 0 Å². The van der Waals surface area contributed by atoms with Gasteiger partial charge in [-0.2, -0.15) is 0 Å². The second kappa shape index (κ2) is 24.7. The Kier molecular flexibility index (Phi) is 30.8. The maximum Gasteiger partial charge on any atom is 1.00 e. The van der Waals surface area contributed by atoms with Gasteiger partial charge < -0.3 is 14.0 Å². The van der Waals surface area contributed by atoms with Gasteiger partial charge in [-0.1, -0.05) is 77.6 Å². The number of hydrogen-bond acceptors (Lipinski definition) is 7. The first-order valence-corrected chi connectivity index (χ1v) is 14.4. The van der Waals surface area contributed by atoms with Crippen molar-refractivity contribution in [1.82, 2.24) is 4.90 Å². The van der Waals surface area contributed by atoms with Gasteiger partial charge in [0, 0.05) is 11.5 Å². The average molecular weight is 534 g/mol. The van der Waals surface area contributed by atoms with Crippen LogP contribution in [-0.4, -0.2) is 62.0 Å². The van der Waals surface area contributed by atoms with Crippen molar-refractivity contribution >= 4 is 20.2 Å². The summed E-state index contributed by atoms with van der Waals surface area (Å²) in [6, 6.07) is 0. The second-order valence-electron chi connectivity index (χ2n) is 7.96. The number of nitrogens with zero attached hydrogens (tertiary/aromatic N) is 1. The van der Waals surface area contributed by atoms with Crippen molar-refractivity contribution < 1.29 is 129 Å². The van der Waals surface area contributed by atoms with Crippen molar-refractivity contribution in [3.05, 3.63) is 0 Å². The van der Waals surface area contributed by atoms with Crippen LogP contribution in [0, 0.1) is 0 Å². The Labute approximate surface area is 277 Å². The van der Waals surface area contributed by atoms with Gasteiger partial charge in [-0.3, -0.25) is 0 Å². The first-order valence-electron chi connectivity index (χ1n) is 11.2. The summed E-state index contributed by atoms with van der Waals surface area (Å²) in [5.41, 5.74) is 0. The first-order chi connectivity index (χ1) is 13.6. The number of hydrogen-bond donors (Lipinski definition) is 0. The van der Waals surface area contributed by atoms with Crippen LogP contribution in [0.25, 0.3) is 0 Å². The normalized spacial score (nSPS) is 11.9. The SMILES string of the molecule is CCCCCCCCCCCCCCN(CCCS(=O)(=O)[O-])CCCS(=O)(=O)[O-].[K+].[K+]. The molecule has 0 fully saturated rings. The molecule has 0 spiro atoms. The summed E-state index contributed by atoms with van der Waals surface area (Å²) >= 11 is 0. The third kappa shape index (κ3) is 33.1. The Morgan fingerprint density at radius 1 is 0.516 bits per heavy atom. The van der Waals surface area contributed by atoms with E-state index in [-0.39, 0.29) is 116 Å². The fourth-order valence-electron chi connectivity index (χ4n) is 3.44. The molecule has 7 nitrogen and oxygen atoms in total. The van der Waals surface area contributed by atoms with Crippen LogP contribution in [0.15, 0.2) is 0 Å². The van der Waals surface area contributed by atoms with Crippen LogP contribution < -0.4 is 103 Å². The fraction of sp³-hybridized carbons (Fsp3) is 1.00. The fourth-order valence-corrected chi connectivity index (χ4v) is 4.41. The van der Waals surface area contributed by atoms with E-state index >= 15 is 0 Å². The molecule has 0 rings (SSSR count). The van der Waals surface area contributed by atoms with E-state index in [0.717, 1.165) is 25.8 Å². The molecule has 0 aliphatic rings. The zero-order chi connectivity index (χ0) is 22.0. The van der Waals surface area contributed by atoms with Crippen molar-refractivity contribution in [3.63, 3.8) is 0 Å². The molecule has 0 N–H and O–H groups in total. The minimum absolute atomic E-state index is 0. The molecule has 0 amide bonds. The zero-order valence-electron chi connectivity index (χ0n) is 20.1. The summed E-state index contributed by atoms with van der Waals surface area (Å²) in [7, 11) is -8.47. The molecule has 0 saturated heterocycles. The summed E-state index contributed by atoms with van der Waals surface area (Å²) < 4.78 is 64.4. The van der Waals surface area contributed by atoms with Gasteiger partial charge in [-0.25, -0.2) is 16.8 Å².